The highest BCUT2D eigenvalue weighted by atomic mass is 16.5. The van der Waals surface area contributed by atoms with Gasteiger partial charge in [0.05, 0.1) is 5.56 Å². The second-order valence-electron chi connectivity index (χ2n) is 4.60. The number of benzene rings is 2. The summed E-state index contributed by atoms with van der Waals surface area (Å²) in [6.07, 6.45) is 0. The summed E-state index contributed by atoms with van der Waals surface area (Å²) in [4.78, 5) is 22.9. The van der Waals surface area contributed by atoms with E-state index in [4.69, 9.17) is 10.5 Å². The topological polar surface area (TPSA) is 69.4 Å². The molecule has 0 aliphatic carbocycles. The standard InChI is InChI=1S/C16H15NO3/c1-10-3-8-14(11(2)9-10)20-16(19)13-6-4-12(5-7-13)15(17)18/h3-9H,1-2H3,(H2,17,18). The first kappa shape index (κ1) is 13.8. The first-order valence-electron chi connectivity index (χ1n) is 6.16. The Kier molecular flexibility index (Phi) is 3.84. The van der Waals surface area contributed by atoms with E-state index < -0.39 is 11.9 Å². The Hall–Kier alpha value is -2.62. The first-order valence-corrected chi connectivity index (χ1v) is 6.16. The van der Waals surface area contributed by atoms with Crippen LogP contribution in [0.4, 0.5) is 0 Å². The molecule has 0 unspecified atom stereocenters. The van der Waals surface area contributed by atoms with Crippen LogP contribution in [0.3, 0.4) is 0 Å². The third-order valence-electron chi connectivity index (χ3n) is 2.94. The van der Waals surface area contributed by atoms with Crippen LogP contribution < -0.4 is 10.5 Å². The van der Waals surface area contributed by atoms with E-state index in [1.54, 1.807) is 6.07 Å². The van der Waals surface area contributed by atoms with Crippen LogP contribution in [0.15, 0.2) is 42.5 Å². The lowest BCUT2D eigenvalue weighted by molar-refractivity contribution is 0.0733. The highest BCUT2D eigenvalue weighted by Gasteiger charge is 2.11. The Balaban J connectivity index is 2.17. The summed E-state index contributed by atoms with van der Waals surface area (Å²) < 4.78 is 5.33. The predicted octanol–water partition coefficient (Wildman–Crippen LogP) is 2.62. The molecule has 4 heteroatoms. The summed E-state index contributed by atoms with van der Waals surface area (Å²) in [5.41, 5.74) is 7.87. The molecule has 20 heavy (non-hydrogen) atoms. The Morgan fingerprint density at radius 3 is 2.10 bits per heavy atom. The van der Waals surface area contributed by atoms with Gasteiger partial charge in [-0.2, -0.15) is 0 Å². The Morgan fingerprint density at radius 1 is 0.950 bits per heavy atom. The Morgan fingerprint density at radius 2 is 1.55 bits per heavy atom. The van der Waals surface area contributed by atoms with Crippen LogP contribution >= 0.6 is 0 Å². The van der Waals surface area contributed by atoms with Crippen LogP contribution in [0.25, 0.3) is 0 Å². The quantitative estimate of drug-likeness (QED) is 0.688. The first-order chi connectivity index (χ1) is 9.47. The van der Waals surface area contributed by atoms with Crippen LogP contribution in [0, 0.1) is 13.8 Å². The minimum absolute atomic E-state index is 0.355. The smallest absolute Gasteiger partial charge is 0.343 e. The summed E-state index contributed by atoms with van der Waals surface area (Å²) in [6, 6.07) is 11.6. The molecule has 4 nitrogen and oxygen atoms in total. The fourth-order valence-corrected chi connectivity index (χ4v) is 1.84. The van der Waals surface area contributed by atoms with E-state index in [0.29, 0.717) is 16.9 Å². The van der Waals surface area contributed by atoms with Gasteiger partial charge in [0.1, 0.15) is 5.75 Å². The number of esters is 1. The fraction of sp³-hybridized carbons (Fsp3) is 0.125. The van der Waals surface area contributed by atoms with Crippen LogP contribution in [0.1, 0.15) is 31.8 Å². The molecule has 0 atom stereocenters. The molecule has 102 valence electrons. The van der Waals surface area contributed by atoms with Gasteiger partial charge in [0.15, 0.2) is 0 Å². The average Bonchev–Trinajstić information content (AvgIpc) is 2.42. The van der Waals surface area contributed by atoms with E-state index in [0.717, 1.165) is 11.1 Å². The van der Waals surface area contributed by atoms with Gasteiger partial charge >= 0.3 is 5.97 Å². The van der Waals surface area contributed by atoms with Crippen molar-refractivity contribution < 1.29 is 14.3 Å². The molecule has 2 aromatic carbocycles. The van der Waals surface area contributed by atoms with Crippen LogP contribution in [0.2, 0.25) is 0 Å². The molecule has 0 aliphatic heterocycles. The molecule has 0 heterocycles. The van der Waals surface area contributed by atoms with Gasteiger partial charge in [0.25, 0.3) is 0 Å². The minimum Gasteiger partial charge on any atom is -0.423 e. The number of carbonyl (C=O) groups is 2. The normalized spacial score (nSPS) is 10.1. The summed E-state index contributed by atoms with van der Waals surface area (Å²) in [6.45, 7) is 3.85. The molecule has 0 spiro atoms. The third kappa shape index (κ3) is 3.03. The SMILES string of the molecule is Cc1ccc(OC(=O)c2ccc(C(N)=O)cc2)c(C)c1. The maximum atomic E-state index is 12.0. The molecule has 0 bridgehead atoms. The third-order valence-corrected chi connectivity index (χ3v) is 2.94. The lowest BCUT2D eigenvalue weighted by atomic mass is 10.1. The predicted molar refractivity (Wildman–Crippen MR) is 75.8 cm³/mol. The van der Waals surface area contributed by atoms with E-state index >= 15 is 0 Å². The van der Waals surface area contributed by atoms with Crippen molar-refractivity contribution in [2.24, 2.45) is 5.73 Å². The molecular formula is C16H15NO3. The van der Waals surface area contributed by atoms with Crippen molar-refractivity contribution in [2.45, 2.75) is 13.8 Å². The number of hydrogen-bond donors (Lipinski definition) is 1. The minimum atomic E-state index is -0.528. The second kappa shape index (κ2) is 5.57. The van der Waals surface area contributed by atoms with Crippen molar-refractivity contribution in [1.82, 2.24) is 0 Å². The van der Waals surface area contributed by atoms with Crippen molar-refractivity contribution >= 4 is 11.9 Å². The van der Waals surface area contributed by atoms with Gasteiger partial charge in [-0.05, 0) is 49.7 Å². The zero-order valence-corrected chi connectivity index (χ0v) is 11.3. The van der Waals surface area contributed by atoms with E-state index in [9.17, 15) is 9.59 Å². The zero-order valence-electron chi connectivity index (χ0n) is 11.3. The summed E-state index contributed by atoms with van der Waals surface area (Å²) in [7, 11) is 0. The Bertz CT molecular complexity index is 660. The number of amides is 1. The molecule has 0 aromatic heterocycles. The Labute approximate surface area is 117 Å². The maximum absolute atomic E-state index is 12.0. The molecule has 0 aliphatic rings. The summed E-state index contributed by atoms with van der Waals surface area (Å²) >= 11 is 0. The van der Waals surface area contributed by atoms with Crippen LogP contribution in [0.5, 0.6) is 5.75 Å². The number of carbonyl (C=O) groups excluding carboxylic acids is 2. The van der Waals surface area contributed by atoms with Gasteiger partial charge in [-0.25, -0.2) is 4.79 Å². The highest BCUT2D eigenvalue weighted by molar-refractivity contribution is 5.95. The van der Waals surface area contributed by atoms with Crippen molar-refractivity contribution in [2.75, 3.05) is 0 Å². The lowest BCUT2D eigenvalue weighted by Crippen LogP contribution is -2.12. The van der Waals surface area contributed by atoms with Gasteiger partial charge in [-0.1, -0.05) is 17.7 Å². The second-order valence-corrected chi connectivity index (χ2v) is 4.60. The van der Waals surface area contributed by atoms with Crippen molar-refractivity contribution in [3.8, 4) is 5.75 Å². The molecular weight excluding hydrogens is 254 g/mol. The van der Waals surface area contributed by atoms with Gasteiger partial charge in [0, 0.05) is 5.56 Å². The van der Waals surface area contributed by atoms with E-state index in [1.807, 2.05) is 26.0 Å². The van der Waals surface area contributed by atoms with Gasteiger partial charge < -0.3 is 10.5 Å². The largest absolute Gasteiger partial charge is 0.423 e. The summed E-state index contributed by atoms with van der Waals surface area (Å²) in [5.74, 6) is -0.466. The molecule has 0 radical (unpaired) electrons. The number of aryl methyl sites for hydroxylation is 2. The van der Waals surface area contributed by atoms with Crippen LogP contribution in [-0.4, -0.2) is 11.9 Å². The van der Waals surface area contributed by atoms with Crippen molar-refractivity contribution in [3.05, 3.63) is 64.7 Å². The number of nitrogens with two attached hydrogens (primary N) is 1. The monoisotopic (exact) mass is 269 g/mol. The summed E-state index contributed by atoms with van der Waals surface area (Å²) in [5, 5.41) is 0. The van der Waals surface area contributed by atoms with Crippen LogP contribution in [-0.2, 0) is 0 Å². The lowest BCUT2D eigenvalue weighted by Gasteiger charge is -2.08. The van der Waals surface area contributed by atoms with Gasteiger partial charge in [-0.3, -0.25) is 4.79 Å². The molecule has 2 rings (SSSR count). The molecule has 1 amide bonds. The number of hydrogen-bond acceptors (Lipinski definition) is 3. The fourth-order valence-electron chi connectivity index (χ4n) is 1.84. The number of rotatable bonds is 3. The van der Waals surface area contributed by atoms with Gasteiger partial charge in [0.2, 0.25) is 5.91 Å². The van der Waals surface area contributed by atoms with E-state index in [1.165, 1.54) is 24.3 Å². The van der Waals surface area contributed by atoms with Gasteiger partial charge in [-0.15, -0.1) is 0 Å². The van der Waals surface area contributed by atoms with E-state index in [-0.39, 0.29) is 0 Å². The maximum Gasteiger partial charge on any atom is 0.343 e. The average molecular weight is 269 g/mol. The van der Waals surface area contributed by atoms with E-state index in [2.05, 4.69) is 0 Å². The van der Waals surface area contributed by atoms with Crippen molar-refractivity contribution in [1.29, 1.82) is 0 Å². The molecule has 0 fully saturated rings. The molecule has 0 saturated heterocycles. The number of primary amides is 1. The molecule has 0 saturated carbocycles. The van der Waals surface area contributed by atoms with Crippen molar-refractivity contribution in [3.63, 3.8) is 0 Å². The zero-order chi connectivity index (χ0) is 14.7. The number of ether oxygens (including phenoxy) is 1. The molecule has 2 N–H and O–H groups in total. The highest BCUT2D eigenvalue weighted by Crippen LogP contribution is 2.20. The molecule has 2 aromatic rings.